The summed E-state index contributed by atoms with van der Waals surface area (Å²) in [5, 5.41) is 0. The standard InChI is InChI=1S/C15H16N2O2/c1-17(12-8-4-3-5-9-12)14-11-7-6-10-13(14)15(18)16-19-2/h3-11H,1-2H3,(H,16,18). The fourth-order valence-electron chi connectivity index (χ4n) is 1.90. The first kappa shape index (κ1) is 13.1. The van der Waals surface area contributed by atoms with Crippen LogP contribution in [0.2, 0.25) is 0 Å². The Morgan fingerprint density at radius 1 is 1.05 bits per heavy atom. The van der Waals surface area contributed by atoms with Crippen molar-refractivity contribution in [2.24, 2.45) is 0 Å². The van der Waals surface area contributed by atoms with Crippen LogP contribution < -0.4 is 10.4 Å². The number of nitrogens with one attached hydrogen (secondary N) is 1. The van der Waals surface area contributed by atoms with E-state index in [0.29, 0.717) is 5.56 Å². The van der Waals surface area contributed by atoms with Crippen molar-refractivity contribution in [2.75, 3.05) is 19.1 Å². The van der Waals surface area contributed by atoms with E-state index in [1.165, 1.54) is 7.11 Å². The van der Waals surface area contributed by atoms with Gasteiger partial charge < -0.3 is 4.90 Å². The van der Waals surface area contributed by atoms with Crippen LogP contribution in [0.4, 0.5) is 11.4 Å². The Bertz CT molecular complexity index is 555. The summed E-state index contributed by atoms with van der Waals surface area (Å²) in [5.74, 6) is -0.263. The summed E-state index contributed by atoms with van der Waals surface area (Å²) >= 11 is 0. The third-order valence-corrected chi connectivity index (χ3v) is 2.85. The summed E-state index contributed by atoms with van der Waals surface area (Å²) in [4.78, 5) is 18.6. The van der Waals surface area contributed by atoms with E-state index in [-0.39, 0.29) is 5.91 Å². The molecular formula is C15H16N2O2. The van der Waals surface area contributed by atoms with Crippen LogP contribution in [-0.2, 0) is 4.84 Å². The Morgan fingerprint density at radius 2 is 1.68 bits per heavy atom. The lowest BCUT2D eigenvalue weighted by Gasteiger charge is -2.22. The van der Waals surface area contributed by atoms with Gasteiger partial charge in [-0.2, -0.15) is 0 Å². The van der Waals surface area contributed by atoms with Gasteiger partial charge in [-0.25, -0.2) is 5.48 Å². The molecule has 0 aliphatic heterocycles. The Balaban J connectivity index is 2.37. The number of carbonyl (C=O) groups excluding carboxylic acids is 1. The van der Waals surface area contributed by atoms with Crippen molar-refractivity contribution in [3.8, 4) is 0 Å². The lowest BCUT2D eigenvalue weighted by atomic mass is 10.1. The number of hydrogen-bond acceptors (Lipinski definition) is 3. The predicted molar refractivity (Wildman–Crippen MR) is 75.4 cm³/mol. The van der Waals surface area contributed by atoms with Gasteiger partial charge in [-0.1, -0.05) is 30.3 Å². The van der Waals surface area contributed by atoms with Gasteiger partial charge in [-0.05, 0) is 24.3 Å². The highest BCUT2D eigenvalue weighted by Gasteiger charge is 2.14. The molecule has 0 saturated carbocycles. The third-order valence-electron chi connectivity index (χ3n) is 2.85. The van der Waals surface area contributed by atoms with E-state index in [0.717, 1.165) is 11.4 Å². The van der Waals surface area contributed by atoms with Crippen molar-refractivity contribution in [2.45, 2.75) is 0 Å². The van der Waals surface area contributed by atoms with Gasteiger partial charge in [0.15, 0.2) is 0 Å². The summed E-state index contributed by atoms with van der Waals surface area (Å²) in [6.45, 7) is 0. The molecule has 2 aromatic rings. The number of para-hydroxylation sites is 2. The molecule has 2 rings (SSSR count). The molecule has 1 N–H and O–H groups in total. The number of rotatable bonds is 4. The molecule has 1 amide bonds. The molecule has 19 heavy (non-hydrogen) atoms. The molecule has 0 saturated heterocycles. The second-order valence-corrected chi connectivity index (χ2v) is 4.05. The number of nitrogens with zero attached hydrogens (tertiary/aromatic N) is 1. The lowest BCUT2D eigenvalue weighted by Crippen LogP contribution is -2.24. The van der Waals surface area contributed by atoms with Crippen molar-refractivity contribution in [1.82, 2.24) is 5.48 Å². The highest BCUT2D eigenvalue weighted by Crippen LogP contribution is 2.26. The van der Waals surface area contributed by atoms with Crippen LogP contribution in [0.15, 0.2) is 54.6 Å². The van der Waals surface area contributed by atoms with E-state index >= 15 is 0 Å². The highest BCUT2D eigenvalue weighted by atomic mass is 16.6. The minimum absolute atomic E-state index is 0.263. The van der Waals surface area contributed by atoms with E-state index in [4.69, 9.17) is 0 Å². The number of hydroxylamine groups is 1. The van der Waals surface area contributed by atoms with Crippen LogP contribution in [0, 0.1) is 0 Å². The number of benzene rings is 2. The molecule has 0 aromatic heterocycles. The fourth-order valence-corrected chi connectivity index (χ4v) is 1.90. The van der Waals surface area contributed by atoms with Crippen LogP contribution >= 0.6 is 0 Å². The topological polar surface area (TPSA) is 41.6 Å². The molecule has 2 aromatic carbocycles. The molecular weight excluding hydrogens is 240 g/mol. The SMILES string of the molecule is CONC(=O)c1ccccc1N(C)c1ccccc1. The van der Waals surface area contributed by atoms with Gasteiger partial charge in [-0.3, -0.25) is 9.63 Å². The van der Waals surface area contributed by atoms with E-state index in [1.807, 2.05) is 60.5 Å². The number of hydrogen-bond donors (Lipinski definition) is 1. The van der Waals surface area contributed by atoms with Gasteiger partial charge >= 0.3 is 0 Å². The van der Waals surface area contributed by atoms with Crippen molar-refractivity contribution in [3.63, 3.8) is 0 Å². The summed E-state index contributed by atoms with van der Waals surface area (Å²) in [5.41, 5.74) is 4.74. The first-order valence-corrected chi connectivity index (χ1v) is 5.95. The van der Waals surface area contributed by atoms with Crippen LogP contribution in [0.3, 0.4) is 0 Å². The molecule has 0 spiro atoms. The largest absolute Gasteiger partial charge is 0.344 e. The van der Waals surface area contributed by atoms with Crippen LogP contribution in [0.25, 0.3) is 0 Å². The van der Waals surface area contributed by atoms with Crippen molar-refractivity contribution in [3.05, 3.63) is 60.2 Å². The first-order valence-electron chi connectivity index (χ1n) is 5.95. The van der Waals surface area contributed by atoms with E-state index < -0.39 is 0 Å². The molecule has 98 valence electrons. The molecule has 0 aliphatic rings. The zero-order chi connectivity index (χ0) is 13.7. The normalized spacial score (nSPS) is 10.0. The van der Waals surface area contributed by atoms with Gasteiger partial charge in [-0.15, -0.1) is 0 Å². The fraction of sp³-hybridized carbons (Fsp3) is 0.133. The minimum Gasteiger partial charge on any atom is -0.344 e. The van der Waals surface area contributed by atoms with Crippen LogP contribution in [0.1, 0.15) is 10.4 Å². The second-order valence-electron chi connectivity index (χ2n) is 4.05. The Labute approximate surface area is 112 Å². The third kappa shape index (κ3) is 2.92. The summed E-state index contributed by atoms with van der Waals surface area (Å²) in [6.07, 6.45) is 0. The molecule has 0 unspecified atom stereocenters. The van der Waals surface area contributed by atoms with Gasteiger partial charge in [0.1, 0.15) is 0 Å². The highest BCUT2D eigenvalue weighted by molar-refractivity contribution is 6.00. The Kier molecular flexibility index (Phi) is 4.15. The van der Waals surface area contributed by atoms with Crippen molar-refractivity contribution >= 4 is 17.3 Å². The van der Waals surface area contributed by atoms with Crippen molar-refractivity contribution < 1.29 is 9.63 Å². The lowest BCUT2D eigenvalue weighted by molar-refractivity contribution is 0.0538. The minimum atomic E-state index is -0.263. The number of amides is 1. The van der Waals surface area contributed by atoms with E-state index in [1.54, 1.807) is 6.07 Å². The Hall–Kier alpha value is -2.33. The molecule has 0 heterocycles. The average Bonchev–Trinajstić information content (AvgIpc) is 2.47. The smallest absolute Gasteiger partial charge is 0.276 e. The number of anilines is 2. The molecule has 0 fully saturated rings. The second kappa shape index (κ2) is 6.02. The zero-order valence-corrected chi connectivity index (χ0v) is 11.0. The van der Waals surface area contributed by atoms with Gasteiger partial charge in [0, 0.05) is 12.7 Å². The van der Waals surface area contributed by atoms with Crippen LogP contribution in [-0.4, -0.2) is 20.1 Å². The van der Waals surface area contributed by atoms with E-state index in [9.17, 15) is 4.79 Å². The maximum atomic E-state index is 11.9. The maximum Gasteiger partial charge on any atom is 0.276 e. The maximum absolute atomic E-state index is 11.9. The number of carbonyl (C=O) groups is 1. The summed E-state index contributed by atoms with van der Waals surface area (Å²) in [6, 6.07) is 17.3. The predicted octanol–water partition coefficient (Wildman–Crippen LogP) is 2.75. The summed E-state index contributed by atoms with van der Waals surface area (Å²) in [7, 11) is 3.34. The Morgan fingerprint density at radius 3 is 2.37 bits per heavy atom. The molecule has 0 bridgehead atoms. The van der Waals surface area contributed by atoms with Crippen LogP contribution in [0.5, 0.6) is 0 Å². The quantitative estimate of drug-likeness (QED) is 0.855. The van der Waals surface area contributed by atoms with E-state index in [2.05, 4.69) is 10.3 Å². The molecule has 4 heteroatoms. The summed E-state index contributed by atoms with van der Waals surface area (Å²) < 4.78 is 0. The van der Waals surface area contributed by atoms with Crippen molar-refractivity contribution in [1.29, 1.82) is 0 Å². The monoisotopic (exact) mass is 256 g/mol. The average molecular weight is 256 g/mol. The van der Waals surface area contributed by atoms with Gasteiger partial charge in [0.2, 0.25) is 0 Å². The van der Waals surface area contributed by atoms with Gasteiger partial charge in [0.05, 0.1) is 18.4 Å². The first-order chi connectivity index (χ1) is 9.24. The molecule has 4 nitrogen and oxygen atoms in total. The molecule has 0 aliphatic carbocycles. The van der Waals surface area contributed by atoms with Gasteiger partial charge in [0.25, 0.3) is 5.91 Å². The zero-order valence-electron chi connectivity index (χ0n) is 11.0. The molecule has 0 radical (unpaired) electrons. The molecule has 0 atom stereocenters.